The molecule has 4 aromatic rings. The van der Waals surface area contributed by atoms with Crippen molar-refractivity contribution >= 4 is 16.9 Å². The number of para-hydroxylation sites is 2. The Morgan fingerprint density at radius 3 is 2.73 bits per heavy atom. The van der Waals surface area contributed by atoms with E-state index in [2.05, 4.69) is 35.9 Å². The molecule has 0 spiro atoms. The van der Waals surface area contributed by atoms with Gasteiger partial charge in [0.05, 0.1) is 29.9 Å². The van der Waals surface area contributed by atoms with Crippen LogP contribution in [0.3, 0.4) is 0 Å². The summed E-state index contributed by atoms with van der Waals surface area (Å²) in [6.07, 6.45) is 1.49. The normalized spacial score (nSPS) is 12.1. The Labute approximate surface area is 175 Å². The number of furan rings is 1. The average molecular weight is 403 g/mol. The monoisotopic (exact) mass is 403 g/mol. The largest absolute Gasteiger partial charge is 0.492 e. The lowest BCUT2D eigenvalue weighted by atomic mass is 10.1. The van der Waals surface area contributed by atoms with Crippen molar-refractivity contribution in [3.8, 4) is 5.75 Å². The van der Waals surface area contributed by atoms with Crippen LogP contribution in [-0.2, 0) is 6.54 Å². The predicted octanol–water partition coefficient (Wildman–Crippen LogP) is 4.82. The molecule has 2 heterocycles. The third-order valence-corrected chi connectivity index (χ3v) is 5.23. The van der Waals surface area contributed by atoms with Crippen molar-refractivity contribution < 1.29 is 13.9 Å². The maximum atomic E-state index is 12.4. The van der Waals surface area contributed by atoms with Crippen molar-refractivity contribution in [2.45, 2.75) is 33.4 Å². The molecule has 0 aliphatic carbocycles. The van der Waals surface area contributed by atoms with Gasteiger partial charge in [-0.05, 0) is 68.3 Å². The smallest absolute Gasteiger partial charge is 0.287 e. The van der Waals surface area contributed by atoms with Gasteiger partial charge in [0.2, 0.25) is 0 Å². The van der Waals surface area contributed by atoms with E-state index in [1.54, 1.807) is 12.1 Å². The molecule has 6 nitrogen and oxygen atoms in total. The molecule has 6 heteroatoms. The van der Waals surface area contributed by atoms with Gasteiger partial charge in [-0.2, -0.15) is 0 Å². The van der Waals surface area contributed by atoms with Gasteiger partial charge in [-0.1, -0.05) is 18.2 Å². The number of rotatable bonds is 7. The minimum absolute atomic E-state index is 0.266. The number of benzene rings is 2. The van der Waals surface area contributed by atoms with Crippen LogP contribution >= 0.6 is 0 Å². The van der Waals surface area contributed by atoms with Crippen molar-refractivity contribution in [3.05, 3.63) is 83.6 Å². The van der Waals surface area contributed by atoms with Gasteiger partial charge in [-0.25, -0.2) is 4.98 Å². The molecule has 0 aliphatic rings. The molecule has 0 saturated heterocycles. The summed E-state index contributed by atoms with van der Waals surface area (Å²) in [6, 6.07) is 17.1. The number of carbonyl (C=O) groups excluding carboxylic acids is 1. The summed E-state index contributed by atoms with van der Waals surface area (Å²) in [6.45, 7) is 7.19. The molecule has 0 radical (unpaired) electrons. The Morgan fingerprint density at radius 1 is 1.13 bits per heavy atom. The highest BCUT2D eigenvalue weighted by Crippen LogP contribution is 2.22. The van der Waals surface area contributed by atoms with Crippen molar-refractivity contribution in [1.82, 2.24) is 14.9 Å². The maximum Gasteiger partial charge on any atom is 0.287 e. The average Bonchev–Trinajstić information content (AvgIpc) is 3.39. The number of carbonyl (C=O) groups is 1. The molecule has 0 aliphatic heterocycles. The van der Waals surface area contributed by atoms with Crippen LogP contribution in [0, 0.1) is 13.8 Å². The first-order valence-corrected chi connectivity index (χ1v) is 10.0. The van der Waals surface area contributed by atoms with Crippen molar-refractivity contribution in [1.29, 1.82) is 0 Å². The summed E-state index contributed by atoms with van der Waals surface area (Å²) < 4.78 is 13.3. The highest BCUT2D eigenvalue weighted by Gasteiger charge is 2.20. The number of hydrogen-bond donors (Lipinski definition) is 1. The summed E-state index contributed by atoms with van der Waals surface area (Å²) in [5.74, 6) is 1.64. The highest BCUT2D eigenvalue weighted by molar-refractivity contribution is 5.91. The van der Waals surface area contributed by atoms with E-state index in [1.807, 2.05) is 37.3 Å². The fourth-order valence-corrected chi connectivity index (χ4v) is 3.46. The van der Waals surface area contributed by atoms with Gasteiger partial charge in [-0.3, -0.25) is 4.79 Å². The Bertz CT molecular complexity index is 1160. The predicted molar refractivity (Wildman–Crippen MR) is 116 cm³/mol. The van der Waals surface area contributed by atoms with Crippen LogP contribution in [0.4, 0.5) is 0 Å². The molecule has 30 heavy (non-hydrogen) atoms. The van der Waals surface area contributed by atoms with Crippen LogP contribution in [0.1, 0.15) is 40.5 Å². The first-order chi connectivity index (χ1) is 14.5. The molecule has 154 valence electrons. The molecule has 0 bridgehead atoms. The summed E-state index contributed by atoms with van der Waals surface area (Å²) in [4.78, 5) is 17.2. The van der Waals surface area contributed by atoms with Crippen LogP contribution < -0.4 is 10.1 Å². The van der Waals surface area contributed by atoms with E-state index < -0.39 is 0 Å². The summed E-state index contributed by atoms with van der Waals surface area (Å²) in [5, 5.41) is 2.96. The van der Waals surface area contributed by atoms with Gasteiger partial charge < -0.3 is 19.0 Å². The number of ether oxygens (including phenoxy) is 1. The summed E-state index contributed by atoms with van der Waals surface area (Å²) in [7, 11) is 0. The van der Waals surface area contributed by atoms with E-state index >= 15 is 0 Å². The van der Waals surface area contributed by atoms with Crippen molar-refractivity contribution in [2.24, 2.45) is 0 Å². The van der Waals surface area contributed by atoms with Crippen molar-refractivity contribution in [3.63, 3.8) is 0 Å². The van der Waals surface area contributed by atoms with Gasteiger partial charge in [0.1, 0.15) is 18.2 Å². The first kappa shape index (κ1) is 19.8. The SMILES string of the molecule is Cc1ccc(OCCn2c([C@@H](C)NC(=O)c3ccco3)nc3ccccc32)cc1C. The Morgan fingerprint density at radius 2 is 1.97 bits per heavy atom. The third-order valence-electron chi connectivity index (χ3n) is 5.23. The van der Waals surface area contributed by atoms with E-state index in [4.69, 9.17) is 14.1 Å². The van der Waals surface area contributed by atoms with E-state index in [0.717, 1.165) is 22.6 Å². The minimum Gasteiger partial charge on any atom is -0.492 e. The Hall–Kier alpha value is -3.54. The number of fused-ring (bicyclic) bond motifs is 1. The number of amides is 1. The summed E-state index contributed by atoms with van der Waals surface area (Å²) >= 11 is 0. The highest BCUT2D eigenvalue weighted by atomic mass is 16.5. The second-order valence-electron chi connectivity index (χ2n) is 7.38. The fourth-order valence-electron chi connectivity index (χ4n) is 3.46. The van der Waals surface area contributed by atoms with Gasteiger partial charge in [0.25, 0.3) is 5.91 Å². The zero-order chi connectivity index (χ0) is 21.1. The van der Waals surface area contributed by atoms with Gasteiger partial charge in [-0.15, -0.1) is 0 Å². The number of nitrogens with zero attached hydrogens (tertiary/aromatic N) is 2. The van der Waals surface area contributed by atoms with Gasteiger partial charge in [0.15, 0.2) is 5.76 Å². The maximum absolute atomic E-state index is 12.4. The van der Waals surface area contributed by atoms with E-state index in [9.17, 15) is 4.79 Å². The van der Waals surface area contributed by atoms with Crippen LogP contribution in [0.2, 0.25) is 0 Å². The molecule has 1 amide bonds. The van der Waals surface area contributed by atoms with Crippen LogP contribution in [0.15, 0.2) is 65.3 Å². The number of hydrogen-bond acceptors (Lipinski definition) is 4. The van der Waals surface area contributed by atoms with E-state index in [-0.39, 0.29) is 17.7 Å². The second kappa shape index (κ2) is 8.45. The van der Waals surface area contributed by atoms with Crippen LogP contribution in [0.25, 0.3) is 11.0 Å². The number of imidazole rings is 1. The second-order valence-corrected chi connectivity index (χ2v) is 7.38. The number of aryl methyl sites for hydroxylation is 2. The number of nitrogens with one attached hydrogen (secondary N) is 1. The Kier molecular flexibility index (Phi) is 5.57. The topological polar surface area (TPSA) is 69.3 Å². The quantitative estimate of drug-likeness (QED) is 0.480. The third kappa shape index (κ3) is 4.08. The van der Waals surface area contributed by atoms with Gasteiger partial charge in [0, 0.05) is 0 Å². The van der Waals surface area contributed by atoms with Gasteiger partial charge >= 0.3 is 0 Å². The lowest BCUT2D eigenvalue weighted by Gasteiger charge is -2.16. The lowest BCUT2D eigenvalue weighted by molar-refractivity contribution is 0.0909. The number of aromatic nitrogens is 2. The standard InChI is InChI=1S/C24H25N3O3/c1-16-10-11-19(15-17(16)2)29-14-12-27-21-8-5-4-7-20(21)26-23(27)18(3)25-24(28)22-9-6-13-30-22/h4-11,13,15,18H,12,14H2,1-3H3,(H,25,28)/t18-/m1/s1. The fraction of sp³-hybridized carbons (Fsp3) is 0.250. The lowest BCUT2D eigenvalue weighted by Crippen LogP contribution is -2.28. The molecule has 0 unspecified atom stereocenters. The molecule has 1 atom stereocenters. The molecular formula is C24H25N3O3. The molecule has 0 fully saturated rings. The van der Waals surface area contributed by atoms with E-state index in [0.29, 0.717) is 13.2 Å². The molecular weight excluding hydrogens is 378 g/mol. The zero-order valence-electron chi connectivity index (χ0n) is 17.4. The van der Waals surface area contributed by atoms with E-state index in [1.165, 1.54) is 17.4 Å². The molecule has 0 saturated carbocycles. The molecule has 2 aromatic heterocycles. The van der Waals surface area contributed by atoms with Crippen LogP contribution in [0.5, 0.6) is 5.75 Å². The minimum atomic E-state index is -0.295. The van der Waals surface area contributed by atoms with Crippen LogP contribution in [-0.4, -0.2) is 22.1 Å². The molecule has 1 N–H and O–H groups in total. The van der Waals surface area contributed by atoms with Crippen molar-refractivity contribution in [2.75, 3.05) is 6.61 Å². The molecule has 2 aromatic carbocycles. The summed E-state index contributed by atoms with van der Waals surface area (Å²) in [5.41, 5.74) is 4.34. The first-order valence-electron chi connectivity index (χ1n) is 10.0. The zero-order valence-corrected chi connectivity index (χ0v) is 17.4. The molecule has 4 rings (SSSR count). The Balaban J connectivity index is 1.53.